The Morgan fingerprint density at radius 2 is 2.23 bits per heavy atom. The third kappa shape index (κ3) is 2.66. The predicted octanol–water partition coefficient (Wildman–Crippen LogP) is 1.19. The quantitative estimate of drug-likeness (QED) is 0.732. The van der Waals surface area contributed by atoms with Crippen molar-refractivity contribution in [2.45, 2.75) is 0 Å². The molecular weight excluding hydrogens is 170 g/mol. The van der Waals surface area contributed by atoms with Gasteiger partial charge in [0, 0.05) is 0 Å². The monoisotopic (exact) mass is 181 g/mol. The van der Waals surface area contributed by atoms with E-state index in [0.29, 0.717) is 11.4 Å². The Labute approximate surface area is 76.1 Å². The Kier molecular flexibility index (Phi) is 3.14. The van der Waals surface area contributed by atoms with Crippen molar-refractivity contribution in [3.63, 3.8) is 0 Å². The molecule has 1 aromatic carbocycles. The van der Waals surface area contributed by atoms with Gasteiger partial charge >= 0.3 is 5.97 Å². The van der Waals surface area contributed by atoms with Crippen LogP contribution in [0.3, 0.4) is 0 Å². The van der Waals surface area contributed by atoms with Crippen molar-refractivity contribution in [1.29, 1.82) is 0 Å². The molecule has 0 bridgehead atoms. The summed E-state index contributed by atoms with van der Waals surface area (Å²) in [5, 5.41) is 11.2. The Balaban J connectivity index is 2.69. The number of methoxy groups -OCH3 is 1. The normalized spacial score (nSPS) is 9.31. The summed E-state index contributed by atoms with van der Waals surface area (Å²) < 4.78 is 5.02. The summed E-state index contributed by atoms with van der Waals surface area (Å²) in [7, 11) is 1.54. The fourth-order valence-electron chi connectivity index (χ4n) is 0.962. The van der Waals surface area contributed by atoms with Gasteiger partial charge in [-0.1, -0.05) is 12.1 Å². The molecule has 1 aromatic rings. The molecule has 0 aliphatic heterocycles. The number of nitrogens with one attached hydrogen (secondary N) is 1. The van der Waals surface area contributed by atoms with Gasteiger partial charge in [0.1, 0.15) is 12.3 Å². The molecule has 0 spiro atoms. The van der Waals surface area contributed by atoms with Crippen molar-refractivity contribution >= 4 is 11.7 Å². The highest BCUT2D eigenvalue weighted by molar-refractivity contribution is 5.73. The van der Waals surface area contributed by atoms with Crippen LogP contribution in [-0.2, 0) is 4.79 Å². The topological polar surface area (TPSA) is 58.6 Å². The molecule has 4 nitrogen and oxygen atoms in total. The lowest BCUT2D eigenvalue weighted by atomic mass is 10.3. The molecule has 0 aliphatic rings. The molecule has 0 aliphatic carbocycles. The molecular formula is C9H11NO3. The van der Waals surface area contributed by atoms with E-state index in [-0.39, 0.29) is 6.54 Å². The van der Waals surface area contributed by atoms with Gasteiger partial charge in [-0.15, -0.1) is 0 Å². The third-order valence-electron chi connectivity index (χ3n) is 1.54. The molecule has 13 heavy (non-hydrogen) atoms. The molecule has 0 saturated carbocycles. The molecule has 0 fully saturated rings. The minimum atomic E-state index is -0.897. The number of ether oxygens (including phenoxy) is 1. The first-order valence-corrected chi connectivity index (χ1v) is 3.82. The maximum absolute atomic E-state index is 10.3. The number of hydrogen-bond acceptors (Lipinski definition) is 3. The van der Waals surface area contributed by atoms with Crippen LogP contribution in [-0.4, -0.2) is 24.7 Å². The zero-order valence-corrected chi connectivity index (χ0v) is 7.28. The molecule has 0 atom stereocenters. The van der Waals surface area contributed by atoms with E-state index in [9.17, 15) is 4.79 Å². The predicted molar refractivity (Wildman–Crippen MR) is 49.1 cm³/mol. The molecule has 0 saturated heterocycles. The minimum absolute atomic E-state index is 0.111. The standard InChI is InChI=1S/C9H11NO3/c1-13-8-5-3-2-4-7(8)10-6-9(11)12/h2-5,10H,6H2,1H3,(H,11,12). The Morgan fingerprint density at radius 3 is 2.85 bits per heavy atom. The van der Waals surface area contributed by atoms with Crippen molar-refractivity contribution in [3.8, 4) is 5.75 Å². The second-order valence-electron chi connectivity index (χ2n) is 2.45. The first-order valence-electron chi connectivity index (χ1n) is 3.82. The lowest BCUT2D eigenvalue weighted by Gasteiger charge is -2.08. The van der Waals surface area contributed by atoms with E-state index in [2.05, 4.69) is 5.32 Å². The Hall–Kier alpha value is -1.71. The number of rotatable bonds is 4. The number of carboxylic acid groups (broad SMARTS) is 1. The lowest BCUT2D eigenvalue weighted by molar-refractivity contribution is -0.134. The molecule has 0 heterocycles. The average Bonchev–Trinajstić information content (AvgIpc) is 2.15. The zero-order valence-electron chi connectivity index (χ0n) is 7.28. The van der Waals surface area contributed by atoms with Gasteiger partial charge in [-0.05, 0) is 12.1 Å². The van der Waals surface area contributed by atoms with Crippen molar-refractivity contribution < 1.29 is 14.6 Å². The largest absolute Gasteiger partial charge is 0.495 e. The van der Waals surface area contributed by atoms with E-state index in [0.717, 1.165) is 0 Å². The van der Waals surface area contributed by atoms with Crippen LogP contribution in [0.15, 0.2) is 24.3 Å². The van der Waals surface area contributed by atoms with Crippen LogP contribution in [0.5, 0.6) is 5.75 Å². The number of carboxylic acids is 1. The van der Waals surface area contributed by atoms with Gasteiger partial charge in [0.25, 0.3) is 0 Å². The van der Waals surface area contributed by atoms with Gasteiger partial charge in [0.15, 0.2) is 0 Å². The van der Waals surface area contributed by atoms with Crippen LogP contribution in [0.25, 0.3) is 0 Å². The third-order valence-corrected chi connectivity index (χ3v) is 1.54. The second kappa shape index (κ2) is 4.35. The Morgan fingerprint density at radius 1 is 1.54 bits per heavy atom. The maximum Gasteiger partial charge on any atom is 0.322 e. The molecule has 70 valence electrons. The Bertz CT molecular complexity index is 299. The van der Waals surface area contributed by atoms with Crippen LogP contribution < -0.4 is 10.1 Å². The number of para-hydroxylation sites is 2. The van der Waals surface area contributed by atoms with Gasteiger partial charge < -0.3 is 15.2 Å². The molecule has 0 unspecified atom stereocenters. The summed E-state index contributed by atoms with van der Waals surface area (Å²) in [5.74, 6) is -0.255. The summed E-state index contributed by atoms with van der Waals surface area (Å²) in [6.45, 7) is -0.111. The van der Waals surface area contributed by atoms with E-state index < -0.39 is 5.97 Å². The van der Waals surface area contributed by atoms with Crippen LogP contribution in [0.1, 0.15) is 0 Å². The van der Waals surface area contributed by atoms with Crippen LogP contribution in [0.4, 0.5) is 5.69 Å². The maximum atomic E-state index is 10.3. The van der Waals surface area contributed by atoms with E-state index >= 15 is 0 Å². The molecule has 2 N–H and O–H groups in total. The summed E-state index contributed by atoms with van der Waals surface area (Å²) in [5.41, 5.74) is 0.687. The summed E-state index contributed by atoms with van der Waals surface area (Å²) in [4.78, 5) is 10.3. The van der Waals surface area contributed by atoms with Crippen molar-refractivity contribution in [3.05, 3.63) is 24.3 Å². The van der Waals surface area contributed by atoms with E-state index in [4.69, 9.17) is 9.84 Å². The SMILES string of the molecule is COc1ccccc1NCC(=O)O. The highest BCUT2D eigenvalue weighted by Crippen LogP contribution is 2.22. The summed E-state index contributed by atoms with van der Waals surface area (Å²) >= 11 is 0. The van der Waals surface area contributed by atoms with Crippen LogP contribution in [0, 0.1) is 0 Å². The number of benzene rings is 1. The van der Waals surface area contributed by atoms with Crippen molar-refractivity contribution in [1.82, 2.24) is 0 Å². The van der Waals surface area contributed by atoms with Crippen molar-refractivity contribution in [2.75, 3.05) is 19.0 Å². The fourth-order valence-corrected chi connectivity index (χ4v) is 0.962. The van der Waals surface area contributed by atoms with E-state index in [1.165, 1.54) is 0 Å². The van der Waals surface area contributed by atoms with Crippen LogP contribution in [0.2, 0.25) is 0 Å². The number of aliphatic carboxylic acids is 1. The average molecular weight is 181 g/mol. The van der Waals surface area contributed by atoms with E-state index in [1.54, 1.807) is 19.2 Å². The number of anilines is 1. The molecule has 0 amide bonds. The molecule has 1 rings (SSSR count). The number of hydrogen-bond donors (Lipinski definition) is 2. The zero-order chi connectivity index (χ0) is 9.68. The lowest BCUT2D eigenvalue weighted by Crippen LogP contribution is -2.12. The first-order chi connectivity index (χ1) is 6.24. The smallest absolute Gasteiger partial charge is 0.322 e. The second-order valence-corrected chi connectivity index (χ2v) is 2.45. The minimum Gasteiger partial charge on any atom is -0.495 e. The molecule has 0 radical (unpaired) electrons. The van der Waals surface area contributed by atoms with Crippen LogP contribution >= 0.6 is 0 Å². The summed E-state index contributed by atoms with van der Waals surface area (Å²) in [6, 6.07) is 7.17. The van der Waals surface area contributed by atoms with Crippen molar-refractivity contribution in [2.24, 2.45) is 0 Å². The van der Waals surface area contributed by atoms with Gasteiger partial charge in [-0.3, -0.25) is 4.79 Å². The van der Waals surface area contributed by atoms with E-state index in [1.807, 2.05) is 12.1 Å². The first kappa shape index (κ1) is 9.38. The van der Waals surface area contributed by atoms with Gasteiger partial charge in [0.05, 0.1) is 12.8 Å². The molecule has 0 aromatic heterocycles. The fraction of sp³-hybridized carbons (Fsp3) is 0.222. The van der Waals surface area contributed by atoms with Gasteiger partial charge in [-0.2, -0.15) is 0 Å². The van der Waals surface area contributed by atoms with Gasteiger partial charge in [0.2, 0.25) is 0 Å². The molecule has 4 heteroatoms. The highest BCUT2D eigenvalue weighted by Gasteiger charge is 2.01. The van der Waals surface area contributed by atoms with Gasteiger partial charge in [-0.25, -0.2) is 0 Å². The highest BCUT2D eigenvalue weighted by atomic mass is 16.5. The number of carbonyl (C=O) groups is 1. The summed E-state index contributed by atoms with van der Waals surface area (Å²) in [6.07, 6.45) is 0.